The van der Waals surface area contributed by atoms with Gasteiger partial charge >= 0.3 is 0 Å². The van der Waals surface area contributed by atoms with E-state index in [1.165, 1.54) is 0 Å². The Hall–Kier alpha value is 0.180. The van der Waals surface area contributed by atoms with Crippen LogP contribution in [0.1, 0.15) is 0 Å². The van der Waals surface area contributed by atoms with E-state index in [1.807, 2.05) is 0 Å². The Kier molecular flexibility index (Phi) is 2.08. The Morgan fingerprint density at radius 2 is 2.38 bits per heavy atom. The van der Waals surface area contributed by atoms with Crippen LogP contribution < -0.4 is 0 Å². The molecule has 0 aromatic rings. The molecule has 0 aromatic heterocycles. The van der Waals surface area contributed by atoms with Crippen molar-refractivity contribution in [2.75, 3.05) is 17.6 Å². The average molecular weight is 222 g/mol. The highest BCUT2D eigenvalue weighted by molar-refractivity contribution is 14.1. The summed E-state index contributed by atoms with van der Waals surface area (Å²) in [5, 5.41) is 8.32. The quantitative estimate of drug-likeness (QED) is 0.373. The van der Waals surface area contributed by atoms with E-state index in [2.05, 4.69) is 33.6 Å². The Balaban J connectivity index is 2.14. The lowest BCUT2D eigenvalue weighted by atomic mass is 10.0. The summed E-state index contributed by atoms with van der Waals surface area (Å²) in [6, 6.07) is 2.22. The fourth-order valence-electron chi connectivity index (χ4n) is 0.749. The molecule has 1 aliphatic rings. The number of hydrogen-bond acceptors (Lipinski definition) is 2. The van der Waals surface area contributed by atoms with Crippen LogP contribution in [0.4, 0.5) is 0 Å². The minimum Gasteiger partial charge on any atom is -0.291 e. The van der Waals surface area contributed by atoms with Gasteiger partial charge in [0.2, 0.25) is 0 Å². The zero-order valence-electron chi connectivity index (χ0n) is 4.47. The van der Waals surface area contributed by atoms with Gasteiger partial charge in [-0.3, -0.25) is 4.90 Å². The molecule has 0 saturated carbocycles. The summed E-state index contributed by atoms with van der Waals surface area (Å²) in [6.07, 6.45) is 0. The molecule has 0 N–H and O–H groups in total. The third-order valence-electron chi connectivity index (χ3n) is 1.31. The van der Waals surface area contributed by atoms with Crippen molar-refractivity contribution in [3.63, 3.8) is 0 Å². The van der Waals surface area contributed by atoms with Crippen molar-refractivity contribution in [2.24, 2.45) is 5.92 Å². The van der Waals surface area contributed by atoms with Crippen LogP contribution in [0.2, 0.25) is 0 Å². The van der Waals surface area contributed by atoms with Crippen LogP contribution in [0.5, 0.6) is 0 Å². The molecule has 0 unspecified atom stereocenters. The maximum Gasteiger partial charge on any atom is 0.0717 e. The SMILES string of the molecule is N#CC1CN(CI)C1. The summed E-state index contributed by atoms with van der Waals surface area (Å²) in [4.78, 5) is 2.24. The second-order valence-electron chi connectivity index (χ2n) is 1.98. The highest BCUT2D eigenvalue weighted by Crippen LogP contribution is 2.14. The molecular formula is C5H7IN2. The fraction of sp³-hybridized carbons (Fsp3) is 0.800. The number of alkyl halides is 1. The van der Waals surface area contributed by atoms with Crippen LogP contribution >= 0.6 is 22.6 Å². The fourth-order valence-corrected chi connectivity index (χ4v) is 1.31. The van der Waals surface area contributed by atoms with Gasteiger partial charge in [-0.1, -0.05) is 22.6 Å². The van der Waals surface area contributed by atoms with E-state index >= 15 is 0 Å². The zero-order chi connectivity index (χ0) is 5.98. The number of likely N-dealkylation sites (tertiary alicyclic amines) is 1. The molecule has 2 nitrogen and oxygen atoms in total. The molecule has 1 saturated heterocycles. The lowest BCUT2D eigenvalue weighted by Crippen LogP contribution is -2.44. The molecule has 3 heteroatoms. The second-order valence-corrected chi connectivity index (χ2v) is 2.66. The van der Waals surface area contributed by atoms with Crippen molar-refractivity contribution < 1.29 is 0 Å². The van der Waals surface area contributed by atoms with Crippen LogP contribution in [-0.4, -0.2) is 22.5 Å². The number of halogens is 1. The maximum atomic E-state index is 8.32. The van der Waals surface area contributed by atoms with E-state index in [4.69, 9.17) is 5.26 Å². The first-order chi connectivity index (χ1) is 3.86. The Bertz CT molecular complexity index is 112. The molecule has 0 amide bonds. The van der Waals surface area contributed by atoms with Gasteiger partial charge in [0.05, 0.1) is 16.5 Å². The molecule has 0 aromatic carbocycles. The van der Waals surface area contributed by atoms with Crippen LogP contribution in [0.15, 0.2) is 0 Å². The van der Waals surface area contributed by atoms with E-state index in [0.29, 0.717) is 5.92 Å². The highest BCUT2D eigenvalue weighted by atomic mass is 127. The molecule has 1 aliphatic heterocycles. The molecule has 0 atom stereocenters. The van der Waals surface area contributed by atoms with E-state index in [0.717, 1.165) is 17.6 Å². The molecule has 0 spiro atoms. The first kappa shape index (κ1) is 6.30. The van der Waals surface area contributed by atoms with Gasteiger partial charge in [-0.05, 0) is 0 Å². The molecule has 1 rings (SSSR count). The van der Waals surface area contributed by atoms with Crippen LogP contribution in [0, 0.1) is 17.2 Å². The van der Waals surface area contributed by atoms with E-state index in [-0.39, 0.29) is 0 Å². The predicted octanol–water partition coefficient (Wildman–Crippen LogP) is 0.834. The number of nitriles is 1. The van der Waals surface area contributed by atoms with Gasteiger partial charge in [-0.25, -0.2) is 0 Å². The summed E-state index contributed by atoms with van der Waals surface area (Å²) in [5.41, 5.74) is 0. The minimum absolute atomic E-state index is 0.324. The smallest absolute Gasteiger partial charge is 0.0717 e. The first-order valence-electron chi connectivity index (χ1n) is 2.54. The molecule has 0 radical (unpaired) electrons. The lowest BCUT2D eigenvalue weighted by Gasteiger charge is -2.33. The van der Waals surface area contributed by atoms with E-state index < -0.39 is 0 Å². The van der Waals surface area contributed by atoms with Crippen molar-refractivity contribution in [3.05, 3.63) is 0 Å². The Morgan fingerprint density at radius 3 is 2.75 bits per heavy atom. The summed E-state index contributed by atoms with van der Waals surface area (Å²) in [6.45, 7) is 1.97. The summed E-state index contributed by atoms with van der Waals surface area (Å²) < 4.78 is 1.07. The van der Waals surface area contributed by atoms with Gasteiger partial charge in [-0.2, -0.15) is 5.26 Å². The highest BCUT2D eigenvalue weighted by Gasteiger charge is 2.24. The van der Waals surface area contributed by atoms with Gasteiger partial charge in [-0.15, -0.1) is 0 Å². The van der Waals surface area contributed by atoms with Crippen molar-refractivity contribution in [1.82, 2.24) is 4.90 Å². The van der Waals surface area contributed by atoms with Crippen molar-refractivity contribution in [2.45, 2.75) is 0 Å². The number of rotatable bonds is 1. The predicted molar refractivity (Wildman–Crippen MR) is 39.6 cm³/mol. The second kappa shape index (κ2) is 2.65. The minimum atomic E-state index is 0.324. The summed E-state index contributed by atoms with van der Waals surface area (Å²) in [5.74, 6) is 0.324. The van der Waals surface area contributed by atoms with Gasteiger partial charge in [0.15, 0.2) is 0 Å². The molecule has 0 aliphatic carbocycles. The van der Waals surface area contributed by atoms with E-state index in [1.54, 1.807) is 0 Å². The monoisotopic (exact) mass is 222 g/mol. The van der Waals surface area contributed by atoms with Gasteiger partial charge < -0.3 is 0 Å². The summed E-state index contributed by atoms with van der Waals surface area (Å²) >= 11 is 2.31. The molecule has 44 valence electrons. The molecule has 1 heterocycles. The lowest BCUT2D eigenvalue weighted by molar-refractivity contribution is 0.170. The topological polar surface area (TPSA) is 27.0 Å². The van der Waals surface area contributed by atoms with Crippen LogP contribution in [0.3, 0.4) is 0 Å². The normalized spacial score (nSPS) is 22.0. The molecule has 8 heavy (non-hydrogen) atoms. The number of nitrogens with zero attached hydrogens (tertiary/aromatic N) is 2. The Morgan fingerprint density at radius 1 is 1.75 bits per heavy atom. The largest absolute Gasteiger partial charge is 0.291 e. The Labute approximate surface area is 62.6 Å². The van der Waals surface area contributed by atoms with Crippen LogP contribution in [0.25, 0.3) is 0 Å². The number of hydrogen-bond donors (Lipinski definition) is 0. The third-order valence-corrected chi connectivity index (χ3v) is 2.27. The molecule has 1 fully saturated rings. The molecular weight excluding hydrogens is 215 g/mol. The third kappa shape index (κ3) is 1.12. The van der Waals surface area contributed by atoms with Gasteiger partial charge in [0.1, 0.15) is 0 Å². The van der Waals surface area contributed by atoms with Crippen molar-refractivity contribution >= 4 is 22.6 Å². The van der Waals surface area contributed by atoms with Crippen molar-refractivity contribution in [3.8, 4) is 6.07 Å². The molecule has 0 bridgehead atoms. The van der Waals surface area contributed by atoms with Crippen LogP contribution in [-0.2, 0) is 0 Å². The van der Waals surface area contributed by atoms with Gasteiger partial charge in [0.25, 0.3) is 0 Å². The summed E-state index contributed by atoms with van der Waals surface area (Å²) in [7, 11) is 0. The zero-order valence-corrected chi connectivity index (χ0v) is 6.63. The first-order valence-corrected chi connectivity index (χ1v) is 4.07. The average Bonchev–Trinajstić information content (AvgIpc) is 1.65. The maximum absolute atomic E-state index is 8.32. The van der Waals surface area contributed by atoms with Crippen molar-refractivity contribution in [1.29, 1.82) is 5.26 Å². The standard InChI is InChI=1S/C5H7IN2/c6-4-8-2-5(1-7)3-8/h5H,2-4H2. The van der Waals surface area contributed by atoms with E-state index in [9.17, 15) is 0 Å². The van der Waals surface area contributed by atoms with Gasteiger partial charge in [0, 0.05) is 13.1 Å².